The van der Waals surface area contributed by atoms with E-state index in [9.17, 15) is 5.11 Å². The van der Waals surface area contributed by atoms with E-state index in [1.54, 1.807) is 0 Å². The first-order valence-electron chi connectivity index (χ1n) is 10.9. The van der Waals surface area contributed by atoms with Gasteiger partial charge in [-0.15, -0.1) is 0 Å². The number of aliphatic imine (C=N–C) groups is 1. The molecular weight excluding hydrogens is 308 g/mol. The lowest BCUT2D eigenvalue weighted by atomic mass is 10.0. The van der Waals surface area contributed by atoms with Crippen molar-refractivity contribution in [1.82, 2.24) is 4.90 Å². The number of hydrogen-bond donors (Lipinski definition) is 1. The normalized spacial score (nSPS) is 16.0. The van der Waals surface area contributed by atoms with Gasteiger partial charge in [-0.05, 0) is 19.8 Å². The van der Waals surface area contributed by atoms with Gasteiger partial charge in [0.2, 0.25) is 0 Å². The van der Waals surface area contributed by atoms with Crippen LogP contribution in [0.1, 0.15) is 104 Å². The van der Waals surface area contributed by atoms with Crippen molar-refractivity contribution in [2.75, 3.05) is 13.1 Å². The van der Waals surface area contributed by atoms with Crippen molar-refractivity contribution in [2.45, 2.75) is 110 Å². The molecule has 0 bridgehead atoms. The Morgan fingerprint density at radius 1 is 0.960 bits per heavy atom. The van der Waals surface area contributed by atoms with Gasteiger partial charge in [0.25, 0.3) is 0 Å². The zero-order chi connectivity index (χ0) is 18.2. The van der Waals surface area contributed by atoms with E-state index in [1.807, 2.05) is 13.3 Å². The lowest BCUT2D eigenvalue weighted by Gasteiger charge is -2.21. The summed E-state index contributed by atoms with van der Waals surface area (Å²) in [6.45, 7) is 5.89. The SMILES string of the molecule is CCCCCCCCCCCCCCC/C=C(\C(C)O)N1C=NCC1. The van der Waals surface area contributed by atoms with E-state index in [2.05, 4.69) is 22.9 Å². The first kappa shape index (κ1) is 22.2. The van der Waals surface area contributed by atoms with E-state index in [0.717, 1.165) is 25.2 Å². The smallest absolute Gasteiger partial charge is 0.0908 e. The Hall–Kier alpha value is -0.830. The number of hydrogen-bond acceptors (Lipinski definition) is 3. The van der Waals surface area contributed by atoms with Crippen molar-refractivity contribution < 1.29 is 5.11 Å². The average Bonchev–Trinajstić information content (AvgIpc) is 3.12. The first-order chi connectivity index (χ1) is 12.3. The Morgan fingerprint density at radius 2 is 1.48 bits per heavy atom. The van der Waals surface area contributed by atoms with Crippen molar-refractivity contribution in [3.8, 4) is 0 Å². The van der Waals surface area contributed by atoms with Crippen LogP contribution in [0.25, 0.3) is 0 Å². The van der Waals surface area contributed by atoms with Gasteiger partial charge in [0.1, 0.15) is 0 Å². The molecule has 1 rings (SSSR count). The summed E-state index contributed by atoms with van der Waals surface area (Å²) < 4.78 is 0. The molecule has 0 aromatic heterocycles. The number of aliphatic hydroxyl groups excluding tert-OH is 1. The zero-order valence-electron chi connectivity index (χ0n) is 16.9. The van der Waals surface area contributed by atoms with Crippen LogP contribution in [-0.4, -0.2) is 35.5 Å². The number of unbranched alkanes of at least 4 members (excludes halogenated alkanes) is 13. The van der Waals surface area contributed by atoms with Crippen molar-refractivity contribution in [2.24, 2.45) is 4.99 Å². The van der Waals surface area contributed by atoms with E-state index in [1.165, 1.54) is 83.5 Å². The standard InChI is InChI=1S/C22H42N2O/c1-3-4-5-6-7-8-9-10-11-12-13-14-15-16-17-22(21(2)25)24-19-18-23-20-24/h17,20-21,25H,3-16,18-19H2,1-2H3/b22-17+. The molecule has 0 amide bonds. The van der Waals surface area contributed by atoms with E-state index in [4.69, 9.17) is 0 Å². The largest absolute Gasteiger partial charge is 0.387 e. The molecule has 0 aliphatic carbocycles. The summed E-state index contributed by atoms with van der Waals surface area (Å²) in [5, 5.41) is 9.90. The second kappa shape index (κ2) is 15.4. The van der Waals surface area contributed by atoms with E-state index >= 15 is 0 Å². The summed E-state index contributed by atoms with van der Waals surface area (Å²) in [6, 6.07) is 0. The quantitative estimate of drug-likeness (QED) is 0.343. The van der Waals surface area contributed by atoms with Crippen molar-refractivity contribution >= 4 is 6.34 Å². The minimum atomic E-state index is -0.397. The molecule has 146 valence electrons. The van der Waals surface area contributed by atoms with Gasteiger partial charge in [0.05, 0.1) is 19.0 Å². The van der Waals surface area contributed by atoms with Crippen LogP contribution in [0.15, 0.2) is 16.8 Å². The van der Waals surface area contributed by atoms with Crippen LogP contribution in [-0.2, 0) is 0 Å². The van der Waals surface area contributed by atoms with Crippen LogP contribution in [0.5, 0.6) is 0 Å². The highest BCUT2D eigenvalue weighted by atomic mass is 16.3. The second-order valence-electron chi connectivity index (χ2n) is 7.55. The Labute approximate surface area is 156 Å². The summed E-state index contributed by atoms with van der Waals surface area (Å²) in [5.74, 6) is 0. The number of rotatable bonds is 16. The van der Waals surface area contributed by atoms with Gasteiger partial charge in [-0.2, -0.15) is 0 Å². The highest BCUT2D eigenvalue weighted by Crippen LogP contribution is 2.15. The van der Waals surface area contributed by atoms with Gasteiger partial charge in [-0.25, -0.2) is 0 Å². The third-order valence-corrected chi connectivity index (χ3v) is 5.11. The first-order valence-corrected chi connectivity index (χ1v) is 10.9. The Kier molecular flexibility index (Phi) is 13.7. The molecule has 1 unspecified atom stereocenters. The monoisotopic (exact) mass is 350 g/mol. The molecule has 3 nitrogen and oxygen atoms in total. The second-order valence-corrected chi connectivity index (χ2v) is 7.55. The molecule has 0 aromatic carbocycles. The fourth-order valence-corrected chi connectivity index (χ4v) is 3.52. The molecule has 0 radical (unpaired) electrons. The minimum Gasteiger partial charge on any atom is -0.387 e. The van der Waals surface area contributed by atoms with Crippen molar-refractivity contribution in [3.05, 3.63) is 11.8 Å². The minimum absolute atomic E-state index is 0.397. The van der Waals surface area contributed by atoms with Crippen molar-refractivity contribution in [3.63, 3.8) is 0 Å². The van der Waals surface area contributed by atoms with Crippen LogP contribution in [0.3, 0.4) is 0 Å². The lowest BCUT2D eigenvalue weighted by molar-refractivity contribution is 0.205. The number of allylic oxidation sites excluding steroid dienone is 1. The molecule has 1 atom stereocenters. The van der Waals surface area contributed by atoms with Crippen LogP contribution in [0.2, 0.25) is 0 Å². The Bertz CT molecular complexity index is 363. The summed E-state index contributed by atoms with van der Waals surface area (Å²) in [6.07, 6.45) is 22.8. The third-order valence-electron chi connectivity index (χ3n) is 5.11. The van der Waals surface area contributed by atoms with Gasteiger partial charge in [-0.1, -0.05) is 90.0 Å². The number of nitrogens with zero attached hydrogens (tertiary/aromatic N) is 2. The maximum Gasteiger partial charge on any atom is 0.0908 e. The summed E-state index contributed by atoms with van der Waals surface area (Å²) >= 11 is 0. The molecule has 1 N–H and O–H groups in total. The Morgan fingerprint density at radius 3 is 1.92 bits per heavy atom. The molecule has 0 aromatic rings. The average molecular weight is 351 g/mol. The van der Waals surface area contributed by atoms with Crippen LogP contribution in [0, 0.1) is 0 Å². The van der Waals surface area contributed by atoms with Gasteiger partial charge in [0.15, 0.2) is 0 Å². The summed E-state index contributed by atoms with van der Waals surface area (Å²) in [7, 11) is 0. The molecule has 0 saturated carbocycles. The molecular formula is C22H42N2O. The molecule has 1 heterocycles. The molecule has 0 fully saturated rings. The molecule has 0 saturated heterocycles. The molecule has 3 heteroatoms. The van der Waals surface area contributed by atoms with Crippen LogP contribution in [0.4, 0.5) is 0 Å². The number of aliphatic hydroxyl groups is 1. The highest BCUT2D eigenvalue weighted by Gasteiger charge is 2.14. The van der Waals surface area contributed by atoms with E-state index < -0.39 is 6.10 Å². The highest BCUT2D eigenvalue weighted by molar-refractivity contribution is 5.60. The molecule has 1 aliphatic heterocycles. The van der Waals surface area contributed by atoms with E-state index in [0.29, 0.717) is 0 Å². The fraction of sp³-hybridized carbons (Fsp3) is 0.864. The van der Waals surface area contributed by atoms with Gasteiger partial charge in [0, 0.05) is 12.2 Å². The third kappa shape index (κ3) is 11.4. The fourth-order valence-electron chi connectivity index (χ4n) is 3.52. The van der Waals surface area contributed by atoms with Crippen molar-refractivity contribution in [1.29, 1.82) is 0 Å². The van der Waals surface area contributed by atoms with Gasteiger partial charge >= 0.3 is 0 Å². The Balaban J connectivity index is 1.91. The van der Waals surface area contributed by atoms with E-state index in [-0.39, 0.29) is 0 Å². The lowest BCUT2D eigenvalue weighted by Crippen LogP contribution is -2.26. The summed E-state index contributed by atoms with van der Waals surface area (Å²) in [4.78, 5) is 6.33. The van der Waals surface area contributed by atoms with Gasteiger partial charge in [-0.3, -0.25) is 4.99 Å². The predicted octanol–water partition coefficient (Wildman–Crippen LogP) is 6.08. The zero-order valence-corrected chi connectivity index (χ0v) is 16.9. The summed E-state index contributed by atoms with van der Waals surface area (Å²) in [5.41, 5.74) is 1.03. The molecule has 1 aliphatic rings. The predicted molar refractivity (Wildman–Crippen MR) is 110 cm³/mol. The topological polar surface area (TPSA) is 35.8 Å². The van der Waals surface area contributed by atoms with Crippen LogP contribution >= 0.6 is 0 Å². The van der Waals surface area contributed by atoms with Crippen LogP contribution < -0.4 is 0 Å². The molecule has 0 spiro atoms. The maximum absolute atomic E-state index is 9.90. The van der Waals surface area contributed by atoms with Gasteiger partial charge < -0.3 is 10.0 Å². The molecule has 25 heavy (non-hydrogen) atoms. The maximum atomic E-state index is 9.90.